The van der Waals surface area contributed by atoms with E-state index in [1.807, 2.05) is 27.8 Å². The van der Waals surface area contributed by atoms with E-state index in [1.165, 1.54) is 0 Å². The first-order chi connectivity index (χ1) is 25.1. The molecule has 0 aromatic rings. The molecule has 0 aromatic carbocycles. The van der Waals surface area contributed by atoms with E-state index in [9.17, 15) is 9.59 Å². The smallest absolute Gasteiger partial charge is 0.306 e. The number of rotatable bonds is 10. The van der Waals surface area contributed by atoms with Crippen LogP contribution in [0.4, 0.5) is 0 Å². The topological polar surface area (TPSA) is 120 Å². The lowest BCUT2D eigenvalue weighted by Crippen LogP contribution is -2.60. The van der Waals surface area contributed by atoms with E-state index in [2.05, 4.69) is 25.2 Å². The van der Waals surface area contributed by atoms with E-state index in [4.69, 9.17) is 37.9 Å². The van der Waals surface area contributed by atoms with Crippen molar-refractivity contribution < 1.29 is 47.5 Å². The summed E-state index contributed by atoms with van der Waals surface area (Å²) in [6.45, 7) is 10.7. The molecular formula is C41H67NO10. The normalized spacial score (nSPS) is 45.9. The molecule has 1 N–H and O–H groups in total. The molecule has 3 heterocycles. The van der Waals surface area contributed by atoms with E-state index >= 15 is 0 Å². The second-order valence-corrected chi connectivity index (χ2v) is 16.5. The Morgan fingerprint density at radius 1 is 0.846 bits per heavy atom. The number of fused-ring (bicyclic) bond motifs is 5. The Morgan fingerprint density at radius 2 is 1.63 bits per heavy atom. The first-order valence-corrected chi connectivity index (χ1v) is 20.5. The lowest BCUT2D eigenvalue weighted by Gasteiger charge is -2.44. The Labute approximate surface area is 311 Å². The molecule has 0 amide bonds. The minimum atomic E-state index is -0.568. The number of ether oxygens (including phenoxy) is 8. The van der Waals surface area contributed by atoms with Gasteiger partial charge in [0.15, 0.2) is 18.4 Å². The molecule has 6 aliphatic rings. The molecule has 52 heavy (non-hydrogen) atoms. The molecule has 17 atom stereocenters. The van der Waals surface area contributed by atoms with Crippen molar-refractivity contribution in [3.05, 3.63) is 11.6 Å². The predicted octanol–water partition coefficient (Wildman–Crippen LogP) is 5.76. The molecule has 11 nitrogen and oxygen atoms in total. The van der Waals surface area contributed by atoms with E-state index in [0.717, 1.165) is 69.8 Å². The Hall–Kier alpha value is -1.44. The lowest BCUT2D eigenvalue weighted by atomic mass is 9.66. The SMILES string of the molecule is CCO[C@@H]1[C@@H](OC)[C@H](C)OC(O[C@@H]2C[C@H]3CC[C@@H]4[C@@H](C=C5C(=O)[C@H](C)C(O[C@H]6CC[C@H](NC)[C@@H](C)O6)CCC[C@H](CC)OC(=O)C[C@H]54)[C@@H]3C2)[C@@H]1OC. The second-order valence-electron chi connectivity index (χ2n) is 16.5. The van der Waals surface area contributed by atoms with Crippen molar-refractivity contribution in [2.75, 3.05) is 27.9 Å². The summed E-state index contributed by atoms with van der Waals surface area (Å²) in [6.07, 6.45) is 8.75. The van der Waals surface area contributed by atoms with Gasteiger partial charge in [0.1, 0.15) is 24.4 Å². The molecule has 296 valence electrons. The van der Waals surface area contributed by atoms with Gasteiger partial charge in [-0.2, -0.15) is 0 Å². The standard InChI is InChI=1S/C41H67NO10/c1-9-26-12-11-13-34(52-36-17-16-33(42-6)23(4)48-36)22(3)37(44)32-20-30-28(31(32)21-35(43)50-26)15-14-25-18-27(19-29(25)30)51-41-40(46-8)39(47-10-2)38(45-7)24(5)49-41/h20,22-31,33-34,36,38-42H,9-19,21H2,1-8H3/t22-,23-,24+,25-,26+,27-,28-,29-,30-,31+,33+,34?,36+,38+,39-,40-,41?/m1/s1. The van der Waals surface area contributed by atoms with Crippen molar-refractivity contribution in [2.45, 2.75) is 173 Å². The van der Waals surface area contributed by atoms with Gasteiger partial charge in [0.2, 0.25) is 0 Å². The third kappa shape index (κ3) is 8.52. The first kappa shape index (κ1) is 40.2. The maximum absolute atomic E-state index is 14.7. The number of hydrogen-bond acceptors (Lipinski definition) is 11. The zero-order chi connectivity index (χ0) is 37.1. The molecule has 2 saturated carbocycles. The van der Waals surface area contributed by atoms with E-state index in [1.54, 1.807) is 14.2 Å². The van der Waals surface area contributed by atoms with Gasteiger partial charge in [0, 0.05) is 38.7 Å². The lowest BCUT2D eigenvalue weighted by molar-refractivity contribution is -0.317. The van der Waals surface area contributed by atoms with Crippen molar-refractivity contribution in [3.8, 4) is 0 Å². The highest BCUT2D eigenvalue weighted by Crippen LogP contribution is 2.57. The van der Waals surface area contributed by atoms with Crippen LogP contribution in [0.3, 0.4) is 0 Å². The van der Waals surface area contributed by atoms with Crippen molar-refractivity contribution in [1.82, 2.24) is 5.32 Å². The molecule has 6 rings (SSSR count). The summed E-state index contributed by atoms with van der Waals surface area (Å²) in [5, 5.41) is 3.35. The number of likely N-dealkylation sites (N-methyl/N-ethyl adjacent to an activating group) is 1. The fraction of sp³-hybridized carbons (Fsp3) is 0.902. The number of esters is 1. The van der Waals surface area contributed by atoms with Gasteiger partial charge in [-0.25, -0.2) is 0 Å². The van der Waals surface area contributed by atoms with E-state index < -0.39 is 12.4 Å². The number of carbonyl (C=O) groups is 2. The molecule has 5 fully saturated rings. The van der Waals surface area contributed by atoms with Crippen LogP contribution < -0.4 is 5.32 Å². The van der Waals surface area contributed by atoms with Crippen LogP contribution in [-0.2, 0) is 47.5 Å². The maximum Gasteiger partial charge on any atom is 0.306 e. The number of ketones is 1. The molecule has 0 aromatic heterocycles. The number of methoxy groups -OCH3 is 2. The molecule has 11 heteroatoms. The number of carbonyl (C=O) groups excluding carboxylic acids is 2. The Bertz CT molecular complexity index is 1230. The summed E-state index contributed by atoms with van der Waals surface area (Å²) in [5.41, 5.74) is 0.814. The average Bonchev–Trinajstić information content (AvgIpc) is 3.71. The van der Waals surface area contributed by atoms with Crippen LogP contribution in [0.15, 0.2) is 11.6 Å². The van der Waals surface area contributed by atoms with Crippen molar-refractivity contribution in [3.63, 3.8) is 0 Å². The summed E-state index contributed by atoms with van der Waals surface area (Å²) in [5.74, 6) is 0.731. The van der Waals surface area contributed by atoms with Gasteiger partial charge in [-0.1, -0.05) is 19.9 Å². The minimum Gasteiger partial charge on any atom is -0.462 e. The molecular weight excluding hydrogens is 666 g/mol. The number of hydrogen-bond donors (Lipinski definition) is 1. The summed E-state index contributed by atoms with van der Waals surface area (Å²) in [4.78, 5) is 28.2. The van der Waals surface area contributed by atoms with E-state index in [-0.39, 0.29) is 90.9 Å². The monoisotopic (exact) mass is 733 g/mol. The largest absolute Gasteiger partial charge is 0.462 e. The van der Waals surface area contributed by atoms with Crippen LogP contribution in [0.25, 0.3) is 0 Å². The van der Waals surface area contributed by atoms with Crippen LogP contribution >= 0.6 is 0 Å². The highest BCUT2D eigenvalue weighted by atomic mass is 16.7. The van der Waals surface area contributed by atoms with Crippen LogP contribution in [0.5, 0.6) is 0 Å². The van der Waals surface area contributed by atoms with Crippen molar-refractivity contribution in [1.29, 1.82) is 0 Å². The fourth-order valence-corrected chi connectivity index (χ4v) is 10.8. The fourth-order valence-electron chi connectivity index (χ4n) is 10.8. The minimum absolute atomic E-state index is 0.00180. The summed E-state index contributed by atoms with van der Waals surface area (Å²) >= 11 is 0. The van der Waals surface area contributed by atoms with Crippen LogP contribution in [0.1, 0.15) is 105 Å². The third-order valence-electron chi connectivity index (χ3n) is 13.6. The molecule has 0 radical (unpaired) electrons. The van der Waals surface area contributed by atoms with Crippen molar-refractivity contribution >= 4 is 11.8 Å². The summed E-state index contributed by atoms with van der Waals surface area (Å²) in [6, 6.07) is 0.294. The quantitative estimate of drug-likeness (QED) is 0.276. The van der Waals surface area contributed by atoms with E-state index in [0.29, 0.717) is 24.5 Å². The van der Waals surface area contributed by atoms with Crippen LogP contribution in [0.2, 0.25) is 0 Å². The number of nitrogens with one attached hydrogen (secondary N) is 1. The number of Topliss-reactive ketones (excluding diaryl/α,β-unsaturated/α-hetero) is 1. The van der Waals surface area contributed by atoms with Gasteiger partial charge in [0.05, 0.1) is 30.8 Å². The molecule has 2 unspecified atom stereocenters. The van der Waals surface area contributed by atoms with Gasteiger partial charge >= 0.3 is 5.97 Å². The molecule has 0 spiro atoms. The highest BCUT2D eigenvalue weighted by Gasteiger charge is 2.54. The van der Waals surface area contributed by atoms with Gasteiger partial charge < -0.3 is 43.2 Å². The first-order valence-electron chi connectivity index (χ1n) is 20.5. The number of allylic oxidation sites excluding steroid dienone is 2. The maximum atomic E-state index is 14.7. The average molecular weight is 734 g/mol. The van der Waals surface area contributed by atoms with Gasteiger partial charge in [-0.3, -0.25) is 9.59 Å². The van der Waals surface area contributed by atoms with Crippen LogP contribution in [-0.4, -0.2) is 107 Å². The Morgan fingerprint density at radius 3 is 2.33 bits per heavy atom. The zero-order valence-electron chi connectivity index (χ0n) is 33.0. The van der Waals surface area contributed by atoms with Gasteiger partial charge in [0.25, 0.3) is 0 Å². The predicted molar refractivity (Wildman–Crippen MR) is 194 cm³/mol. The van der Waals surface area contributed by atoms with Crippen LogP contribution in [0, 0.1) is 35.5 Å². The second kappa shape index (κ2) is 18.0. The molecule has 0 bridgehead atoms. The van der Waals surface area contributed by atoms with Crippen molar-refractivity contribution in [2.24, 2.45) is 35.5 Å². The highest BCUT2D eigenvalue weighted by molar-refractivity contribution is 5.99. The van der Waals surface area contributed by atoms with Gasteiger partial charge in [-0.15, -0.1) is 0 Å². The molecule has 3 aliphatic heterocycles. The molecule has 3 saturated heterocycles. The zero-order valence-corrected chi connectivity index (χ0v) is 33.0. The third-order valence-corrected chi connectivity index (χ3v) is 13.6. The molecule has 3 aliphatic carbocycles. The van der Waals surface area contributed by atoms with Gasteiger partial charge in [-0.05, 0) is 121 Å². The Kier molecular flexibility index (Phi) is 13.9. The summed E-state index contributed by atoms with van der Waals surface area (Å²) in [7, 11) is 5.32. The number of cyclic esters (lactones) is 1. The Balaban J connectivity index is 1.20. The summed E-state index contributed by atoms with van der Waals surface area (Å²) < 4.78 is 50.0.